The van der Waals surface area contributed by atoms with Crippen LogP contribution in [0.1, 0.15) is 34.2 Å². The van der Waals surface area contributed by atoms with Gasteiger partial charge in [0.2, 0.25) is 0 Å². The van der Waals surface area contributed by atoms with E-state index < -0.39 is 0 Å². The summed E-state index contributed by atoms with van der Waals surface area (Å²) in [5.74, 6) is 0. The van der Waals surface area contributed by atoms with Gasteiger partial charge in [0.1, 0.15) is 0 Å². The minimum atomic E-state index is 0.0765. The summed E-state index contributed by atoms with van der Waals surface area (Å²) in [6, 6.07) is 6.84. The summed E-state index contributed by atoms with van der Waals surface area (Å²) in [4.78, 5) is 19.9. The summed E-state index contributed by atoms with van der Waals surface area (Å²) in [6.07, 6.45) is 3.52. The Morgan fingerprint density at radius 3 is 2.83 bits per heavy atom. The molecule has 24 heavy (non-hydrogen) atoms. The van der Waals surface area contributed by atoms with Gasteiger partial charge in [-0.1, -0.05) is 6.07 Å². The molecule has 128 valence electrons. The molecule has 1 unspecified atom stereocenters. The van der Waals surface area contributed by atoms with Gasteiger partial charge in [0.15, 0.2) is 0 Å². The Labute approximate surface area is 151 Å². The molecule has 0 aliphatic carbocycles. The highest BCUT2D eigenvalue weighted by Crippen LogP contribution is 2.28. The van der Waals surface area contributed by atoms with Gasteiger partial charge in [-0.15, -0.1) is 22.7 Å². The van der Waals surface area contributed by atoms with Crippen LogP contribution in [0.15, 0.2) is 29.0 Å². The lowest BCUT2D eigenvalue weighted by Crippen LogP contribution is -2.45. The van der Waals surface area contributed by atoms with E-state index in [1.54, 1.807) is 11.3 Å². The minimum Gasteiger partial charge on any atom is -0.336 e. The number of rotatable bonds is 4. The van der Waals surface area contributed by atoms with Gasteiger partial charge < -0.3 is 10.2 Å². The molecule has 1 N–H and O–H groups in total. The van der Waals surface area contributed by atoms with Crippen LogP contribution in [0.25, 0.3) is 0 Å². The number of urea groups is 1. The van der Waals surface area contributed by atoms with E-state index in [9.17, 15) is 4.79 Å². The molecular weight excluding hydrogens is 338 g/mol. The second-order valence-electron chi connectivity index (χ2n) is 6.50. The molecule has 4 nitrogen and oxygen atoms in total. The third kappa shape index (κ3) is 3.36. The zero-order chi connectivity index (χ0) is 16.4. The van der Waals surface area contributed by atoms with Crippen molar-refractivity contribution in [3.8, 4) is 0 Å². The smallest absolute Gasteiger partial charge is 0.317 e. The molecular formula is C18H23N3OS2. The van der Waals surface area contributed by atoms with E-state index in [1.165, 1.54) is 28.2 Å². The van der Waals surface area contributed by atoms with Gasteiger partial charge >= 0.3 is 6.03 Å². The van der Waals surface area contributed by atoms with Crippen LogP contribution in [-0.2, 0) is 13.0 Å². The quantitative estimate of drug-likeness (QED) is 0.901. The zero-order valence-corrected chi connectivity index (χ0v) is 15.4. The van der Waals surface area contributed by atoms with Crippen molar-refractivity contribution in [3.63, 3.8) is 0 Å². The summed E-state index contributed by atoms with van der Waals surface area (Å²) in [5, 5.41) is 7.46. The SMILES string of the molecule is O=C(NCC(c1cccs1)N1CCCC1)N1CCc2sccc2C1. The molecule has 2 aliphatic rings. The highest BCUT2D eigenvalue weighted by molar-refractivity contribution is 7.10. The van der Waals surface area contributed by atoms with E-state index in [2.05, 4.69) is 39.2 Å². The first-order valence-corrected chi connectivity index (χ1v) is 10.4. The maximum absolute atomic E-state index is 12.6. The fourth-order valence-corrected chi connectivity index (χ4v) is 5.41. The van der Waals surface area contributed by atoms with E-state index in [-0.39, 0.29) is 6.03 Å². The van der Waals surface area contributed by atoms with Crippen LogP contribution in [0, 0.1) is 0 Å². The first-order chi connectivity index (χ1) is 11.8. The molecule has 0 aromatic carbocycles. The first kappa shape index (κ1) is 16.1. The number of hydrogen-bond acceptors (Lipinski definition) is 4. The third-order valence-corrected chi connectivity index (χ3v) is 6.99. The number of carbonyl (C=O) groups excluding carboxylic acids is 1. The van der Waals surface area contributed by atoms with Crippen LogP contribution in [-0.4, -0.2) is 42.0 Å². The standard InChI is InChI=1S/C18H23N3OS2/c22-18(21-9-5-16-14(13-21)6-11-24-16)19-12-15(17-4-3-10-23-17)20-7-1-2-8-20/h3-4,6,10-11,15H,1-2,5,7-9,12-13H2,(H,19,22). The van der Waals surface area contributed by atoms with E-state index in [0.717, 1.165) is 32.6 Å². The average molecular weight is 362 g/mol. The second-order valence-corrected chi connectivity index (χ2v) is 8.48. The predicted octanol–water partition coefficient (Wildman–Crippen LogP) is 3.71. The molecule has 4 rings (SSSR count). The molecule has 2 amide bonds. The number of amides is 2. The Morgan fingerprint density at radius 2 is 2.04 bits per heavy atom. The van der Waals surface area contributed by atoms with Gasteiger partial charge in [0.25, 0.3) is 0 Å². The van der Waals surface area contributed by atoms with E-state index in [4.69, 9.17) is 0 Å². The first-order valence-electron chi connectivity index (χ1n) is 8.67. The van der Waals surface area contributed by atoms with Gasteiger partial charge in [-0.3, -0.25) is 4.90 Å². The Kier molecular flexibility index (Phi) is 4.87. The van der Waals surface area contributed by atoms with Crippen LogP contribution in [0.2, 0.25) is 0 Å². The highest BCUT2D eigenvalue weighted by atomic mass is 32.1. The van der Waals surface area contributed by atoms with Crippen LogP contribution < -0.4 is 5.32 Å². The summed E-state index contributed by atoms with van der Waals surface area (Å²) >= 11 is 3.60. The number of nitrogens with zero attached hydrogens (tertiary/aromatic N) is 2. The Balaban J connectivity index is 1.38. The Hall–Kier alpha value is -1.37. The fourth-order valence-electron chi connectivity index (χ4n) is 3.66. The van der Waals surface area contributed by atoms with Crippen molar-refractivity contribution < 1.29 is 4.79 Å². The maximum atomic E-state index is 12.6. The van der Waals surface area contributed by atoms with Gasteiger partial charge in [-0.05, 0) is 60.8 Å². The van der Waals surface area contributed by atoms with Crippen molar-refractivity contribution in [2.75, 3.05) is 26.2 Å². The number of carbonyl (C=O) groups is 1. The molecule has 2 aromatic heterocycles. The maximum Gasteiger partial charge on any atom is 0.317 e. The van der Waals surface area contributed by atoms with E-state index in [1.807, 2.05) is 16.2 Å². The summed E-state index contributed by atoms with van der Waals surface area (Å²) in [5.41, 5.74) is 1.32. The number of likely N-dealkylation sites (tertiary alicyclic amines) is 1. The lowest BCUT2D eigenvalue weighted by molar-refractivity contribution is 0.184. The molecule has 4 heterocycles. The summed E-state index contributed by atoms with van der Waals surface area (Å²) in [7, 11) is 0. The van der Waals surface area contributed by atoms with Crippen molar-refractivity contribution in [1.82, 2.24) is 15.1 Å². The number of nitrogens with one attached hydrogen (secondary N) is 1. The van der Waals surface area contributed by atoms with Crippen molar-refractivity contribution in [3.05, 3.63) is 44.3 Å². The van der Waals surface area contributed by atoms with Crippen molar-refractivity contribution in [2.45, 2.75) is 31.8 Å². The summed E-state index contributed by atoms with van der Waals surface area (Å²) < 4.78 is 0. The number of fused-ring (bicyclic) bond motifs is 1. The number of hydrogen-bond donors (Lipinski definition) is 1. The monoisotopic (exact) mass is 361 g/mol. The molecule has 0 radical (unpaired) electrons. The highest BCUT2D eigenvalue weighted by Gasteiger charge is 2.26. The molecule has 2 aromatic rings. The molecule has 1 fully saturated rings. The van der Waals surface area contributed by atoms with Crippen LogP contribution in [0.5, 0.6) is 0 Å². The van der Waals surface area contributed by atoms with Crippen molar-refractivity contribution in [1.29, 1.82) is 0 Å². The lowest BCUT2D eigenvalue weighted by atomic mass is 10.1. The topological polar surface area (TPSA) is 35.6 Å². The van der Waals surface area contributed by atoms with E-state index >= 15 is 0 Å². The molecule has 0 bridgehead atoms. The minimum absolute atomic E-state index is 0.0765. The Bertz CT molecular complexity index is 676. The molecule has 6 heteroatoms. The van der Waals surface area contributed by atoms with Gasteiger partial charge in [-0.2, -0.15) is 0 Å². The van der Waals surface area contributed by atoms with Crippen LogP contribution >= 0.6 is 22.7 Å². The van der Waals surface area contributed by atoms with Crippen LogP contribution in [0.3, 0.4) is 0 Å². The molecule has 0 spiro atoms. The zero-order valence-electron chi connectivity index (χ0n) is 13.7. The molecule has 1 saturated heterocycles. The average Bonchev–Trinajstić information content (AvgIpc) is 3.36. The van der Waals surface area contributed by atoms with Gasteiger partial charge in [0.05, 0.1) is 6.04 Å². The molecule has 1 atom stereocenters. The predicted molar refractivity (Wildman–Crippen MR) is 99.7 cm³/mol. The second kappa shape index (κ2) is 7.25. The largest absolute Gasteiger partial charge is 0.336 e. The number of thiophene rings is 2. The third-order valence-electron chi connectivity index (χ3n) is 4.99. The van der Waals surface area contributed by atoms with Crippen LogP contribution in [0.4, 0.5) is 4.79 Å². The van der Waals surface area contributed by atoms with Gasteiger partial charge in [0, 0.05) is 29.4 Å². The Morgan fingerprint density at radius 1 is 1.17 bits per heavy atom. The lowest BCUT2D eigenvalue weighted by Gasteiger charge is -2.30. The van der Waals surface area contributed by atoms with Crippen molar-refractivity contribution in [2.24, 2.45) is 0 Å². The fraction of sp³-hybridized carbons (Fsp3) is 0.500. The van der Waals surface area contributed by atoms with E-state index in [0.29, 0.717) is 12.6 Å². The molecule has 2 aliphatic heterocycles. The van der Waals surface area contributed by atoms with Crippen molar-refractivity contribution >= 4 is 28.7 Å². The van der Waals surface area contributed by atoms with Gasteiger partial charge in [-0.25, -0.2) is 4.79 Å². The normalized spacial score (nSPS) is 19.2. The summed E-state index contributed by atoms with van der Waals surface area (Å²) in [6.45, 7) is 4.55. The molecule has 0 saturated carbocycles.